The summed E-state index contributed by atoms with van der Waals surface area (Å²) >= 11 is 0. The van der Waals surface area contributed by atoms with Crippen molar-refractivity contribution in [2.45, 2.75) is 52.6 Å². The van der Waals surface area contributed by atoms with Gasteiger partial charge in [-0.3, -0.25) is 14.2 Å². The highest BCUT2D eigenvalue weighted by molar-refractivity contribution is 5.78. The molecule has 2 aromatic heterocycles. The van der Waals surface area contributed by atoms with Gasteiger partial charge < -0.3 is 4.90 Å². The van der Waals surface area contributed by atoms with Crippen molar-refractivity contribution in [3.8, 4) is 5.69 Å². The van der Waals surface area contributed by atoms with E-state index >= 15 is 0 Å². The van der Waals surface area contributed by atoms with E-state index in [0.717, 1.165) is 25.8 Å². The summed E-state index contributed by atoms with van der Waals surface area (Å²) in [6.45, 7) is 7.51. The highest BCUT2D eigenvalue weighted by Crippen LogP contribution is 2.52. The van der Waals surface area contributed by atoms with Crippen LogP contribution in [0.4, 0.5) is 4.39 Å². The van der Waals surface area contributed by atoms with Gasteiger partial charge in [0.25, 0.3) is 5.56 Å². The molecule has 2 aliphatic rings. The molecule has 1 saturated carbocycles. The highest BCUT2D eigenvalue weighted by atomic mass is 19.1. The molecule has 1 saturated heterocycles. The van der Waals surface area contributed by atoms with Gasteiger partial charge in [0.2, 0.25) is 5.91 Å². The molecule has 1 aliphatic heterocycles. The van der Waals surface area contributed by atoms with Crippen molar-refractivity contribution in [1.82, 2.24) is 24.2 Å². The third-order valence-electron chi connectivity index (χ3n) is 6.67. The van der Waals surface area contributed by atoms with Crippen LogP contribution in [-0.2, 0) is 11.3 Å². The lowest BCUT2D eigenvalue weighted by Gasteiger charge is -2.39. The molecule has 0 spiro atoms. The van der Waals surface area contributed by atoms with Crippen molar-refractivity contribution >= 4 is 16.9 Å². The van der Waals surface area contributed by atoms with E-state index in [0.29, 0.717) is 16.7 Å². The summed E-state index contributed by atoms with van der Waals surface area (Å²) in [6, 6.07) is 6.04. The van der Waals surface area contributed by atoms with Crippen LogP contribution in [0.15, 0.2) is 41.6 Å². The maximum Gasteiger partial charge on any atom is 0.264 e. The molecule has 3 aromatic rings. The maximum absolute atomic E-state index is 13.2. The zero-order valence-electron chi connectivity index (χ0n) is 18.0. The minimum Gasteiger partial charge on any atom is -0.338 e. The number of hydrogen-bond donors (Lipinski definition) is 0. The number of likely N-dealkylation sites (tertiary alicyclic amines) is 1. The molecule has 0 radical (unpaired) electrons. The first kappa shape index (κ1) is 19.9. The van der Waals surface area contributed by atoms with Crippen LogP contribution in [0.25, 0.3) is 16.7 Å². The second-order valence-corrected chi connectivity index (χ2v) is 10.2. The fraction of sp³-hybridized carbons (Fsp3) is 0.478. The van der Waals surface area contributed by atoms with Crippen LogP contribution in [0.5, 0.6) is 0 Å². The number of fused-ring (bicyclic) bond motifs is 3. The summed E-state index contributed by atoms with van der Waals surface area (Å²) in [5.74, 6) is -0.390. The zero-order chi connectivity index (χ0) is 22.0. The zero-order valence-corrected chi connectivity index (χ0v) is 18.0. The summed E-state index contributed by atoms with van der Waals surface area (Å²) < 4.78 is 16.1. The van der Waals surface area contributed by atoms with E-state index in [1.54, 1.807) is 12.1 Å². The summed E-state index contributed by atoms with van der Waals surface area (Å²) in [6.07, 6.45) is 5.97. The summed E-state index contributed by atoms with van der Waals surface area (Å²) in [5, 5.41) is 4.57. The minimum absolute atomic E-state index is 0.0312. The van der Waals surface area contributed by atoms with Crippen LogP contribution < -0.4 is 5.56 Å². The Kier molecular flexibility index (Phi) is 4.32. The first-order valence-electron chi connectivity index (χ1n) is 10.6. The van der Waals surface area contributed by atoms with E-state index in [2.05, 4.69) is 30.9 Å². The second-order valence-electron chi connectivity index (χ2n) is 10.2. The SMILES string of the molecule is CC1(C)CC2CC(C)(CN2C(=O)Cn2cnc3c(cnn3-c3ccc(F)cc3)c2=O)C1. The Hall–Kier alpha value is -3.03. The van der Waals surface area contributed by atoms with Crippen molar-refractivity contribution in [2.24, 2.45) is 10.8 Å². The average Bonchev–Trinajstić information content (AvgIpc) is 3.22. The van der Waals surface area contributed by atoms with Gasteiger partial charge in [0.1, 0.15) is 24.1 Å². The Morgan fingerprint density at radius 3 is 2.68 bits per heavy atom. The molecule has 8 heteroatoms. The van der Waals surface area contributed by atoms with E-state index in [4.69, 9.17) is 0 Å². The molecule has 2 fully saturated rings. The van der Waals surface area contributed by atoms with E-state index < -0.39 is 0 Å². The van der Waals surface area contributed by atoms with Gasteiger partial charge in [-0.15, -0.1) is 0 Å². The van der Waals surface area contributed by atoms with Crippen LogP contribution in [-0.4, -0.2) is 42.7 Å². The van der Waals surface area contributed by atoms with Crippen molar-refractivity contribution in [3.05, 3.63) is 53.0 Å². The third kappa shape index (κ3) is 3.43. The lowest BCUT2D eigenvalue weighted by atomic mass is 9.65. The normalized spacial score (nSPS) is 24.6. The van der Waals surface area contributed by atoms with Crippen LogP contribution in [0.1, 0.15) is 40.0 Å². The molecule has 2 bridgehead atoms. The molecule has 7 nitrogen and oxygen atoms in total. The molecule has 0 N–H and O–H groups in total. The number of aromatic nitrogens is 4. The minimum atomic E-state index is -0.349. The molecule has 1 amide bonds. The number of amides is 1. The standard InChI is InChI=1S/C23H26FN5O2/c1-22(2)8-17-9-23(3,12-22)13-28(17)19(30)11-27-14-25-20-18(21(27)31)10-26-29(20)16-6-4-15(24)5-7-16/h4-7,10,14,17H,8-9,11-13H2,1-3H3. The first-order chi connectivity index (χ1) is 14.6. The first-order valence-corrected chi connectivity index (χ1v) is 10.6. The van der Waals surface area contributed by atoms with Crippen molar-refractivity contribution in [2.75, 3.05) is 6.54 Å². The van der Waals surface area contributed by atoms with Crippen molar-refractivity contribution in [1.29, 1.82) is 0 Å². The van der Waals surface area contributed by atoms with E-state index in [9.17, 15) is 14.0 Å². The van der Waals surface area contributed by atoms with Gasteiger partial charge in [-0.1, -0.05) is 20.8 Å². The highest BCUT2D eigenvalue weighted by Gasteiger charge is 2.50. The van der Waals surface area contributed by atoms with Crippen LogP contribution in [0.2, 0.25) is 0 Å². The molecular weight excluding hydrogens is 397 g/mol. The van der Waals surface area contributed by atoms with Crippen LogP contribution in [0.3, 0.4) is 0 Å². The number of benzene rings is 1. The Morgan fingerprint density at radius 2 is 1.94 bits per heavy atom. The average molecular weight is 423 g/mol. The van der Waals surface area contributed by atoms with Gasteiger partial charge in [-0.2, -0.15) is 5.10 Å². The fourth-order valence-corrected chi connectivity index (χ4v) is 5.82. The topological polar surface area (TPSA) is 73.0 Å². The second kappa shape index (κ2) is 6.73. The lowest BCUT2D eigenvalue weighted by molar-refractivity contribution is -0.133. The number of hydrogen-bond acceptors (Lipinski definition) is 4. The van der Waals surface area contributed by atoms with Gasteiger partial charge in [0.05, 0.1) is 11.9 Å². The Morgan fingerprint density at radius 1 is 1.19 bits per heavy atom. The Labute approximate surface area is 179 Å². The molecule has 5 rings (SSSR count). The number of nitrogens with zero attached hydrogens (tertiary/aromatic N) is 5. The lowest BCUT2D eigenvalue weighted by Crippen LogP contribution is -2.40. The summed E-state index contributed by atoms with van der Waals surface area (Å²) in [7, 11) is 0. The largest absolute Gasteiger partial charge is 0.338 e. The van der Waals surface area contributed by atoms with Crippen molar-refractivity contribution < 1.29 is 9.18 Å². The molecule has 31 heavy (non-hydrogen) atoms. The molecule has 2 unspecified atom stereocenters. The molecule has 1 aliphatic carbocycles. The van der Waals surface area contributed by atoms with Crippen LogP contribution >= 0.6 is 0 Å². The Balaban J connectivity index is 1.41. The van der Waals surface area contributed by atoms with Gasteiger partial charge in [-0.05, 0) is 54.4 Å². The maximum atomic E-state index is 13.2. The van der Waals surface area contributed by atoms with Gasteiger partial charge >= 0.3 is 0 Å². The monoisotopic (exact) mass is 423 g/mol. The quantitative estimate of drug-likeness (QED) is 0.649. The van der Waals surface area contributed by atoms with Gasteiger partial charge in [-0.25, -0.2) is 14.1 Å². The molecule has 3 heterocycles. The fourth-order valence-electron chi connectivity index (χ4n) is 5.82. The number of carbonyl (C=O) groups is 1. The Bertz CT molecular complexity index is 1230. The predicted molar refractivity (Wildman–Crippen MR) is 114 cm³/mol. The van der Waals surface area contributed by atoms with Crippen LogP contribution in [0, 0.1) is 16.6 Å². The molecule has 162 valence electrons. The summed E-state index contributed by atoms with van der Waals surface area (Å²) in [5.41, 5.74) is 1.05. The van der Waals surface area contributed by atoms with Gasteiger partial charge in [0.15, 0.2) is 5.65 Å². The van der Waals surface area contributed by atoms with E-state index in [1.165, 1.54) is 33.9 Å². The molecule has 1 aromatic carbocycles. The number of halogens is 1. The predicted octanol–water partition coefficient (Wildman–Crippen LogP) is 3.15. The van der Waals surface area contributed by atoms with Gasteiger partial charge in [0, 0.05) is 12.6 Å². The molecule has 2 atom stereocenters. The van der Waals surface area contributed by atoms with Crippen molar-refractivity contribution in [3.63, 3.8) is 0 Å². The smallest absolute Gasteiger partial charge is 0.264 e. The van der Waals surface area contributed by atoms with E-state index in [-0.39, 0.29) is 40.7 Å². The number of rotatable bonds is 3. The molecular formula is C23H26FN5O2. The van der Waals surface area contributed by atoms with E-state index in [1.807, 2.05) is 4.90 Å². The summed E-state index contributed by atoms with van der Waals surface area (Å²) in [4.78, 5) is 32.5. The number of carbonyl (C=O) groups excluding carboxylic acids is 1. The third-order valence-corrected chi connectivity index (χ3v) is 6.67.